The first-order valence-corrected chi connectivity index (χ1v) is 16.9. The van der Waals surface area contributed by atoms with Gasteiger partial charge in [-0.3, -0.25) is 38.4 Å². The zero-order valence-corrected chi connectivity index (χ0v) is 30.7. The summed E-state index contributed by atoms with van der Waals surface area (Å²) in [4.78, 5) is 112. The van der Waals surface area contributed by atoms with Crippen molar-refractivity contribution in [3.05, 3.63) is 0 Å². The van der Waals surface area contributed by atoms with Gasteiger partial charge in [0.15, 0.2) is 6.04 Å². The first-order chi connectivity index (χ1) is 24.0. The summed E-state index contributed by atoms with van der Waals surface area (Å²) in [6.45, 7) is 10.6. The second-order valence-electron chi connectivity index (χ2n) is 13.7. The number of hydrogen-bond donors (Lipinski definition) is 11. The third-order valence-electron chi connectivity index (χ3n) is 7.47. The highest BCUT2D eigenvalue weighted by Crippen LogP contribution is 2.10. The van der Waals surface area contributed by atoms with E-state index in [0.717, 1.165) is 6.92 Å². The van der Waals surface area contributed by atoms with Crippen molar-refractivity contribution in [1.82, 2.24) is 31.9 Å². The second-order valence-corrected chi connectivity index (χ2v) is 13.7. The highest BCUT2D eigenvalue weighted by atomic mass is 16.4. The van der Waals surface area contributed by atoms with Crippen LogP contribution in [0.3, 0.4) is 0 Å². The Bertz CT molecular complexity index is 1290. The van der Waals surface area contributed by atoms with Crippen LogP contribution >= 0.6 is 0 Å². The molecule has 0 fully saturated rings. The van der Waals surface area contributed by atoms with Crippen molar-refractivity contribution < 1.29 is 58.5 Å². The number of amides is 7. The summed E-state index contributed by atoms with van der Waals surface area (Å²) >= 11 is 0. The largest absolute Gasteiger partial charge is 0.481 e. The summed E-state index contributed by atoms with van der Waals surface area (Å²) in [5.41, 5.74) is 10.9. The van der Waals surface area contributed by atoms with E-state index in [1.54, 1.807) is 41.5 Å². The van der Waals surface area contributed by atoms with Crippen molar-refractivity contribution >= 4 is 53.3 Å². The molecule has 0 aliphatic carbocycles. The summed E-state index contributed by atoms with van der Waals surface area (Å²) < 4.78 is 0. The average molecular weight is 745 g/mol. The number of aliphatic hydroxyl groups excluding tert-OH is 1. The lowest BCUT2D eigenvalue weighted by Gasteiger charge is -2.27. The number of nitrogens with one attached hydrogen (secondary N) is 6. The van der Waals surface area contributed by atoms with Crippen molar-refractivity contribution in [3.63, 3.8) is 0 Å². The Labute approximate surface area is 302 Å². The fourth-order valence-electron chi connectivity index (χ4n) is 4.72. The Morgan fingerprint density at radius 2 is 1.08 bits per heavy atom. The molecule has 0 saturated carbocycles. The minimum Gasteiger partial charge on any atom is -0.481 e. The summed E-state index contributed by atoms with van der Waals surface area (Å²) in [6, 6.07) is -8.24. The highest BCUT2D eigenvalue weighted by molar-refractivity contribution is 5.97. The molecule has 0 saturated heterocycles. The monoisotopic (exact) mass is 744 g/mol. The number of carbonyl (C=O) groups excluding carboxylic acids is 7. The lowest BCUT2D eigenvalue weighted by Crippen LogP contribution is -2.59. The normalized spacial score (nSPS) is 15.2. The van der Waals surface area contributed by atoms with Crippen molar-refractivity contribution in [3.8, 4) is 0 Å². The molecule has 7 amide bonds. The van der Waals surface area contributed by atoms with Gasteiger partial charge < -0.3 is 58.7 Å². The number of hydrogen-bond acceptors (Lipinski definition) is 11. The number of carbonyl (C=O) groups is 9. The molecule has 20 nitrogen and oxygen atoms in total. The maximum Gasteiger partial charge on any atom is 0.328 e. The van der Waals surface area contributed by atoms with Crippen LogP contribution in [0.2, 0.25) is 0 Å². The second kappa shape index (κ2) is 22.9. The zero-order valence-electron chi connectivity index (χ0n) is 30.7. The molecule has 0 bridgehead atoms. The summed E-state index contributed by atoms with van der Waals surface area (Å²) in [6.07, 6.45) is -2.44. The number of carboxylic acid groups (broad SMARTS) is 2. The van der Waals surface area contributed by atoms with E-state index in [1.807, 2.05) is 0 Å². The third-order valence-corrected chi connectivity index (χ3v) is 7.47. The van der Waals surface area contributed by atoms with Crippen LogP contribution in [-0.4, -0.2) is 118 Å². The van der Waals surface area contributed by atoms with Crippen molar-refractivity contribution in [2.75, 3.05) is 6.54 Å². The smallest absolute Gasteiger partial charge is 0.328 e. The Kier molecular flexibility index (Phi) is 20.7. The Morgan fingerprint density at radius 3 is 1.48 bits per heavy atom. The minimum absolute atomic E-state index is 0.0143. The molecule has 0 rings (SSSR count). The molecule has 7 atom stereocenters. The van der Waals surface area contributed by atoms with Gasteiger partial charge in [0.05, 0.1) is 25.1 Å². The van der Waals surface area contributed by atoms with E-state index in [1.165, 1.54) is 0 Å². The van der Waals surface area contributed by atoms with E-state index >= 15 is 0 Å². The van der Waals surface area contributed by atoms with Crippen LogP contribution in [-0.2, 0) is 43.2 Å². The number of primary amides is 1. The van der Waals surface area contributed by atoms with E-state index in [0.29, 0.717) is 0 Å². The van der Waals surface area contributed by atoms with E-state index in [9.17, 15) is 58.5 Å². The van der Waals surface area contributed by atoms with Gasteiger partial charge in [0.2, 0.25) is 41.4 Å². The molecular formula is C32H56N8O12. The van der Waals surface area contributed by atoms with Gasteiger partial charge in [0.1, 0.15) is 24.2 Å². The van der Waals surface area contributed by atoms with Crippen LogP contribution < -0.4 is 43.4 Å². The average Bonchev–Trinajstić information content (AvgIpc) is 3.01. The lowest BCUT2D eigenvalue weighted by molar-refractivity contribution is -0.145. The SMILES string of the molecule is CC(C)C[C@H](NC(=O)[C@H](CC(=O)O)NC(=O)CNC(=O)[C@@H](NC(=O)[C@H](CC(C)C)NC(=O)[C@@H](N)CCC(N)=O)C(C)C)C(=O)N[C@H](C(=O)O)[C@@H](C)O. The standard InChI is InChI=1S/C32H56N8O12/c1-14(2)10-19(37-27(46)18(33)8-9-22(34)42)29(48)39-25(16(5)6)31(50)35-13-23(43)36-21(12-24(44)45)28(47)38-20(11-15(3)4)30(49)40-26(17(7)41)32(51)52/h14-21,25-26,41H,8-13,33H2,1-7H3,(H2,34,42)(H,35,50)(H,36,43)(H,37,46)(H,38,47)(H,39,48)(H,40,49)(H,44,45)(H,51,52)/t17-,18+,19+,20+,21+,25+,26+/m1/s1. The topological polar surface area (TPSA) is 339 Å². The molecule has 0 aliphatic heterocycles. The summed E-state index contributed by atoms with van der Waals surface area (Å²) in [5.74, 6) is -9.79. The molecular weight excluding hydrogens is 688 g/mol. The summed E-state index contributed by atoms with van der Waals surface area (Å²) in [5, 5.41) is 42.4. The van der Waals surface area contributed by atoms with Crippen molar-refractivity contribution in [1.29, 1.82) is 0 Å². The van der Waals surface area contributed by atoms with Gasteiger partial charge in [-0.1, -0.05) is 41.5 Å². The summed E-state index contributed by atoms with van der Waals surface area (Å²) in [7, 11) is 0. The molecule has 0 aromatic rings. The van der Waals surface area contributed by atoms with E-state index in [4.69, 9.17) is 11.5 Å². The Morgan fingerprint density at radius 1 is 0.615 bits per heavy atom. The first kappa shape index (κ1) is 47.1. The quantitative estimate of drug-likeness (QED) is 0.0465. The van der Waals surface area contributed by atoms with Crippen LogP contribution in [0.4, 0.5) is 0 Å². The van der Waals surface area contributed by atoms with Crippen LogP contribution in [0, 0.1) is 17.8 Å². The molecule has 52 heavy (non-hydrogen) atoms. The van der Waals surface area contributed by atoms with Gasteiger partial charge in [-0.2, -0.15) is 0 Å². The fraction of sp³-hybridized carbons (Fsp3) is 0.719. The molecule has 0 aliphatic rings. The van der Waals surface area contributed by atoms with Gasteiger partial charge in [0, 0.05) is 6.42 Å². The molecule has 0 radical (unpaired) electrons. The first-order valence-electron chi connectivity index (χ1n) is 16.9. The van der Waals surface area contributed by atoms with Gasteiger partial charge in [-0.15, -0.1) is 0 Å². The number of rotatable bonds is 24. The third kappa shape index (κ3) is 18.4. The van der Waals surface area contributed by atoms with Crippen molar-refractivity contribution in [2.24, 2.45) is 29.2 Å². The Balaban J connectivity index is 5.72. The predicted octanol–water partition coefficient (Wildman–Crippen LogP) is -3.19. The molecule has 0 unspecified atom stereocenters. The molecule has 296 valence electrons. The van der Waals surface area contributed by atoms with Crippen LogP contribution in [0.15, 0.2) is 0 Å². The van der Waals surface area contributed by atoms with Crippen LogP contribution in [0.5, 0.6) is 0 Å². The molecule has 0 aromatic carbocycles. The Hall–Kier alpha value is -4.85. The van der Waals surface area contributed by atoms with Gasteiger partial charge in [-0.25, -0.2) is 4.79 Å². The van der Waals surface area contributed by atoms with Gasteiger partial charge in [0.25, 0.3) is 0 Å². The molecule has 0 spiro atoms. The van der Waals surface area contributed by atoms with Crippen LogP contribution in [0.25, 0.3) is 0 Å². The molecule has 20 heteroatoms. The van der Waals surface area contributed by atoms with E-state index in [-0.39, 0.29) is 37.5 Å². The van der Waals surface area contributed by atoms with Gasteiger partial charge >= 0.3 is 11.9 Å². The molecule has 0 heterocycles. The number of aliphatic carboxylic acids is 2. The molecule has 0 aromatic heterocycles. The fourth-order valence-corrected chi connectivity index (χ4v) is 4.72. The number of carboxylic acids is 2. The predicted molar refractivity (Wildman–Crippen MR) is 184 cm³/mol. The van der Waals surface area contributed by atoms with Crippen LogP contribution in [0.1, 0.15) is 80.6 Å². The van der Waals surface area contributed by atoms with E-state index in [2.05, 4.69) is 31.9 Å². The van der Waals surface area contributed by atoms with Crippen molar-refractivity contribution in [2.45, 2.75) is 123 Å². The maximum absolute atomic E-state index is 13.2. The lowest BCUT2D eigenvalue weighted by atomic mass is 9.99. The highest BCUT2D eigenvalue weighted by Gasteiger charge is 2.34. The zero-order chi connectivity index (χ0) is 40.5. The van der Waals surface area contributed by atoms with E-state index < -0.39 is 115 Å². The minimum atomic E-state index is -1.73. The number of nitrogens with two attached hydrogens (primary N) is 2. The maximum atomic E-state index is 13.2. The molecule has 13 N–H and O–H groups in total. The number of aliphatic hydroxyl groups is 1. The van der Waals surface area contributed by atoms with Gasteiger partial charge in [-0.05, 0) is 43.9 Å².